The first-order chi connectivity index (χ1) is 11.5. The van der Waals surface area contributed by atoms with Crippen LogP contribution in [0, 0.1) is 0 Å². The van der Waals surface area contributed by atoms with Crippen LogP contribution >= 0.6 is 15.9 Å². The summed E-state index contributed by atoms with van der Waals surface area (Å²) in [6, 6.07) is 14.0. The number of halogens is 1. The number of benzene rings is 2. The topological polar surface area (TPSA) is 79.5 Å². The molecule has 0 radical (unpaired) electrons. The summed E-state index contributed by atoms with van der Waals surface area (Å²) >= 11 is 3.35. The van der Waals surface area contributed by atoms with Crippen LogP contribution in [0.5, 0.6) is 5.75 Å². The van der Waals surface area contributed by atoms with Crippen LogP contribution in [-0.4, -0.2) is 25.1 Å². The Kier molecular flexibility index (Phi) is 6.62. The zero-order valence-corrected chi connectivity index (χ0v) is 14.7. The molecule has 0 heterocycles. The van der Waals surface area contributed by atoms with Crippen molar-refractivity contribution in [1.82, 2.24) is 5.32 Å². The Balaban J connectivity index is 1.73. The van der Waals surface area contributed by atoms with Crippen molar-refractivity contribution in [3.63, 3.8) is 0 Å². The highest BCUT2D eigenvalue weighted by Crippen LogP contribution is 2.16. The highest BCUT2D eigenvalue weighted by molar-refractivity contribution is 9.10. The minimum Gasteiger partial charge on any atom is -0.492 e. The number of rotatable bonds is 6. The number of anilines is 2. The van der Waals surface area contributed by atoms with Gasteiger partial charge in [0.1, 0.15) is 12.4 Å². The largest absolute Gasteiger partial charge is 0.492 e. The van der Waals surface area contributed by atoms with Crippen molar-refractivity contribution in [3.8, 4) is 5.75 Å². The summed E-state index contributed by atoms with van der Waals surface area (Å²) in [7, 11) is 0. The minimum atomic E-state index is -0.339. The second kappa shape index (κ2) is 8.93. The standard InChI is InChI=1S/C17H18BrN3O3/c1-12(22)20-14-3-2-4-15(11-14)21-17(23)19-9-10-24-16-7-5-13(18)6-8-16/h2-8,11H,9-10H2,1H3,(H,20,22)(H2,19,21,23). The lowest BCUT2D eigenvalue weighted by atomic mass is 10.3. The first kappa shape index (κ1) is 17.8. The molecule has 0 spiro atoms. The Hall–Kier alpha value is -2.54. The third kappa shape index (κ3) is 6.29. The highest BCUT2D eigenvalue weighted by atomic mass is 79.9. The van der Waals surface area contributed by atoms with Gasteiger partial charge < -0.3 is 20.7 Å². The van der Waals surface area contributed by atoms with Gasteiger partial charge in [-0.05, 0) is 42.5 Å². The molecular formula is C17H18BrN3O3. The van der Waals surface area contributed by atoms with E-state index in [-0.39, 0.29) is 11.9 Å². The number of hydrogen-bond donors (Lipinski definition) is 3. The Morgan fingerprint density at radius 3 is 2.38 bits per heavy atom. The molecule has 0 unspecified atom stereocenters. The molecule has 0 aliphatic rings. The fraction of sp³-hybridized carbons (Fsp3) is 0.176. The second-order valence-corrected chi connectivity index (χ2v) is 5.86. The quantitative estimate of drug-likeness (QED) is 0.658. The van der Waals surface area contributed by atoms with Gasteiger partial charge in [-0.3, -0.25) is 4.79 Å². The third-order valence-corrected chi connectivity index (χ3v) is 3.44. The molecule has 6 nitrogen and oxygen atoms in total. The Morgan fingerprint density at radius 1 is 1.04 bits per heavy atom. The van der Waals surface area contributed by atoms with E-state index >= 15 is 0 Å². The van der Waals surface area contributed by atoms with E-state index in [9.17, 15) is 9.59 Å². The molecule has 126 valence electrons. The normalized spacial score (nSPS) is 9.92. The van der Waals surface area contributed by atoms with Crippen LogP contribution < -0.4 is 20.7 Å². The van der Waals surface area contributed by atoms with Gasteiger partial charge in [0.25, 0.3) is 0 Å². The number of carbonyl (C=O) groups is 2. The van der Waals surface area contributed by atoms with Crippen LogP contribution in [0.25, 0.3) is 0 Å². The number of hydrogen-bond acceptors (Lipinski definition) is 3. The summed E-state index contributed by atoms with van der Waals surface area (Å²) in [6.45, 7) is 2.16. The highest BCUT2D eigenvalue weighted by Gasteiger charge is 2.03. The van der Waals surface area contributed by atoms with Gasteiger partial charge in [-0.1, -0.05) is 22.0 Å². The van der Waals surface area contributed by atoms with E-state index in [1.807, 2.05) is 24.3 Å². The molecule has 2 rings (SSSR count). The Bertz CT molecular complexity index is 704. The number of urea groups is 1. The van der Waals surface area contributed by atoms with Crippen molar-refractivity contribution in [1.29, 1.82) is 0 Å². The van der Waals surface area contributed by atoms with Crippen LogP contribution in [0.1, 0.15) is 6.92 Å². The molecule has 2 aromatic rings. The number of ether oxygens (including phenoxy) is 1. The minimum absolute atomic E-state index is 0.165. The summed E-state index contributed by atoms with van der Waals surface area (Å²) in [5, 5.41) is 8.06. The maximum atomic E-state index is 11.8. The van der Waals surface area contributed by atoms with Crippen LogP contribution in [0.2, 0.25) is 0 Å². The first-order valence-corrected chi connectivity index (χ1v) is 8.13. The smallest absolute Gasteiger partial charge is 0.319 e. The van der Waals surface area contributed by atoms with Gasteiger partial charge in [0.15, 0.2) is 0 Å². The molecular weight excluding hydrogens is 374 g/mol. The number of amides is 3. The van der Waals surface area contributed by atoms with Gasteiger partial charge in [0.2, 0.25) is 5.91 Å². The summed E-state index contributed by atoms with van der Waals surface area (Å²) < 4.78 is 6.49. The zero-order valence-electron chi connectivity index (χ0n) is 13.1. The van der Waals surface area contributed by atoms with Crippen LogP contribution in [0.3, 0.4) is 0 Å². The van der Waals surface area contributed by atoms with Crippen molar-refractivity contribution < 1.29 is 14.3 Å². The van der Waals surface area contributed by atoms with Gasteiger partial charge in [-0.25, -0.2) is 4.79 Å². The number of nitrogens with one attached hydrogen (secondary N) is 3. The van der Waals surface area contributed by atoms with Crippen LogP contribution in [0.15, 0.2) is 53.0 Å². The molecule has 0 atom stereocenters. The van der Waals surface area contributed by atoms with Crippen molar-refractivity contribution in [3.05, 3.63) is 53.0 Å². The van der Waals surface area contributed by atoms with Gasteiger partial charge in [0.05, 0.1) is 6.54 Å². The Morgan fingerprint density at radius 2 is 1.71 bits per heavy atom. The molecule has 0 saturated heterocycles. The summed E-state index contributed by atoms with van der Waals surface area (Å²) in [4.78, 5) is 22.9. The maximum absolute atomic E-state index is 11.8. The fourth-order valence-corrected chi connectivity index (χ4v) is 2.18. The molecule has 7 heteroatoms. The molecule has 0 aliphatic carbocycles. The van der Waals surface area contributed by atoms with Crippen molar-refractivity contribution in [2.24, 2.45) is 0 Å². The summed E-state index contributed by atoms with van der Waals surface area (Å²) in [6.07, 6.45) is 0. The lowest BCUT2D eigenvalue weighted by Gasteiger charge is -2.10. The van der Waals surface area contributed by atoms with E-state index < -0.39 is 0 Å². The maximum Gasteiger partial charge on any atom is 0.319 e. The van der Waals surface area contributed by atoms with Gasteiger partial charge in [-0.15, -0.1) is 0 Å². The summed E-state index contributed by atoms with van der Waals surface area (Å²) in [5.41, 5.74) is 1.21. The van der Waals surface area contributed by atoms with E-state index in [2.05, 4.69) is 31.9 Å². The molecule has 3 N–H and O–H groups in total. The molecule has 0 saturated carbocycles. The first-order valence-electron chi connectivity index (χ1n) is 7.34. The molecule has 2 aromatic carbocycles. The van der Waals surface area contributed by atoms with Crippen molar-refractivity contribution in [2.45, 2.75) is 6.92 Å². The van der Waals surface area contributed by atoms with E-state index in [0.717, 1.165) is 10.2 Å². The lowest BCUT2D eigenvalue weighted by Crippen LogP contribution is -2.32. The van der Waals surface area contributed by atoms with Crippen molar-refractivity contribution in [2.75, 3.05) is 23.8 Å². The average molecular weight is 392 g/mol. The number of carbonyl (C=O) groups excluding carboxylic acids is 2. The van der Waals surface area contributed by atoms with Crippen molar-refractivity contribution >= 4 is 39.2 Å². The van der Waals surface area contributed by atoms with Gasteiger partial charge in [0, 0.05) is 22.8 Å². The fourth-order valence-electron chi connectivity index (χ4n) is 1.92. The van der Waals surface area contributed by atoms with E-state index in [0.29, 0.717) is 24.5 Å². The van der Waals surface area contributed by atoms with E-state index in [1.165, 1.54) is 6.92 Å². The summed E-state index contributed by atoms with van der Waals surface area (Å²) in [5.74, 6) is 0.574. The van der Waals surface area contributed by atoms with Crippen LogP contribution in [0.4, 0.5) is 16.2 Å². The monoisotopic (exact) mass is 391 g/mol. The molecule has 0 bridgehead atoms. The SMILES string of the molecule is CC(=O)Nc1cccc(NC(=O)NCCOc2ccc(Br)cc2)c1. The second-order valence-electron chi connectivity index (χ2n) is 4.95. The molecule has 0 aromatic heterocycles. The Labute approximate surface area is 148 Å². The predicted molar refractivity (Wildman–Crippen MR) is 97.4 cm³/mol. The third-order valence-electron chi connectivity index (χ3n) is 2.91. The van der Waals surface area contributed by atoms with E-state index in [4.69, 9.17) is 4.74 Å². The molecule has 0 aliphatic heterocycles. The van der Waals surface area contributed by atoms with Gasteiger partial charge >= 0.3 is 6.03 Å². The predicted octanol–water partition coefficient (Wildman–Crippen LogP) is 3.61. The lowest BCUT2D eigenvalue weighted by molar-refractivity contribution is -0.114. The molecule has 3 amide bonds. The average Bonchev–Trinajstić information content (AvgIpc) is 2.53. The molecule has 24 heavy (non-hydrogen) atoms. The zero-order chi connectivity index (χ0) is 17.4. The van der Waals surface area contributed by atoms with Gasteiger partial charge in [-0.2, -0.15) is 0 Å². The molecule has 0 fully saturated rings. The van der Waals surface area contributed by atoms with Crippen LogP contribution in [-0.2, 0) is 4.79 Å². The van der Waals surface area contributed by atoms with E-state index in [1.54, 1.807) is 24.3 Å².